The van der Waals surface area contributed by atoms with Gasteiger partial charge in [-0.05, 0) is 42.3 Å². The molecule has 0 aliphatic heterocycles. The van der Waals surface area contributed by atoms with Crippen molar-refractivity contribution >= 4 is 34.9 Å². The van der Waals surface area contributed by atoms with Gasteiger partial charge in [-0.15, -0.1) is 0 Å². The topological polar surface area (TPSA) is 141 Å². The minimum Gasteiger partial charge on any atom is -0.496 e. The average Bonchev–Trinajstić information content (AvgIpc) is 3.17. The molecule has 1 atom stereocenters. The predicted molar refractivity (Wildman–Crippen MR) is 134 cm³/mol. The van der Waals surface area contributed by atoms with Crippen molar-refractivity contribution in [2.45, 2.75) is 53.1 Å². The first kappa shape index (κ1) is 27.1. The van der Waals surface area contributed by atoms with Crippen molar-refractivity contribution in [2.24, 2.45) is 17.6 Å². The van der Waals surface area contributed by atoms with Crippen LogP contribution >= 0.6 is 11.5 Å². The molecule has 0 bridgehead atoms. The molecule has 0 radical (unpaired) electrons. The molecule has 3 amide bonds. The fourth-order valence-electron chi connectivity index (χ4n) is 3.52. The van der Waals surface area contributed by atoms with E-state index in [0.717, 1.165) is 23.5 Å². The normalized spacial score (nSPS) is 12.0. The van der Waals surface area contributed by atoms with Crippen molar-refractivity contribution < 1.29 is 19.1 Å². The fraction of sp³-hybridized carbons (Fsp3) is 0.500. The van der Waals surface area contributed by atoms with Gasteiger partial charge in [-0.2, -0.15) is 4.37 Å². The van der Waals surface area contributed by atoms with Gasteiger partial charge in [0, 0.05) is 12.1 Å². The Balaban J connectivity index is 2.50. The second kappa shape index (κ2) is 12.4. The number of nitrogen functional groups attached to an aromatic ring is 1. The predicted octanol–water partition coefficient (Wildman–Crippen LogP) is 3.05. The van der Waals surface area contributed by atoms with E-state index >= 15 is 0 Å². The van der Waals surface area contributed by atoms with Gasteiger partial charge in [-0.1, -0.05) is 45.9 Å². The van der Waals surface area contributed by atoms with E-state index in [-0.39, 0.29) is 34.6 Å². The summed E-state index contributed by atoms with van der Waals surface area (Å²) in [5, 5.41) is 2.98. The molecule has 34 heavy (non-hydrogen) atoms. The Kier molecular flexibility index (Phi) is 9.85. The number of methoxy groups -OCH3 is 1. The summed E-state index contributed by atoms with van der Waals surface area (Å²) >= 11 is 0.801. The molecule has 5 N–H and O–H groups in total. The number of aromatic nitrogens is 1. The molecule has 0 saturated carbocycles. The van der Waals surface area contributed by atoms with E-state index < -0.39 is 17.9 Å². The number of ether oxygens (including phenoxy) is 1. The average molecular weight is 490 g/mol. The Bertz CT molecular complexity index is 1000. The summed E-state index contributed by atoms with van der Waals surface area (Å²) in [5.41, 5.74) is 11.9. The SMILES string of the molecule is COc1ccccc1CN(C(=O)c1snc(C(N)=O)c1N)C(CC(C)C)C(=O)NCCC(C)C. The molecule has 0 aliphatic rings. The molecule has 2 aromatic rings. The first-order chi connectivity index (χ1) is 16.1. The number of hydrogen-bond donors (Lipinski definition) is 3. The zero-order valence-electron chi connectivity index (χ0n) is 20.5. The number of rotatable bonds is 12. The molecule has 1 aromatic heterocycles. The van der Waals surface area contributed by atoms with Crippen LogP contribution in [-0.2, 0) is 11.3 Å². The molecule has 186 valence electrons. The molecule has 0 aliphatic carbocycles. The quantitative estimate of drug-likeness (QED) is 0.418. The highest BCUT2D eigenvalue weighted by molar-refractivity contribution is 7.09. The zero-order chi connectivity index (χ0) is 25.4. The van der Waals surface area contributed by atoms with Crippen molar-refractivity contribution in [3.8, 4) is 5.75 Å². The van der Waals surface area contributed by atoms with Crippen molar-refractivity contribution in [3.05, 3.63) is 40.4 Å². The number of nitrogens with zero attached hydrogens (tertiary/aromatic N) is 2. The second-order valence-corrected chi connectivity index (χ2v) is 9.78. The van der Waals surface area contributed by atoms with Crippen LogP contribution in [0.5, 0.6) is 5.75 Å². The lowest BCUT2D eigenvalue weighted by Gasteiger charge is -2.32. The highest BCUT2D eigenvalue weighted by Gasteiger charge is 2.34. The van der Waals surface area contributed by atoms with Crippen LogP contribution < -0.4 is 21.5 Å². The lowest BCUT2D eigenvalue weighted by molar-refractivity contribution is -0.126. The first-order valence-electron chi connectivity index (χ1n) is 11.3. The van der Waals surface area contributed by atoms with Gasteiger partial charge in [0.05, 0.1) is 19.3 Å². The van der Waals surface area contributed by atoms with Gasteiger partial charge < -0.3 is 26.4 Å². The van der Waals surface area contributed by atoms with Gasteiger partial charge in [-0.25, -0.2) is 0 Å². The van der Waals surface area contributed by atoms with E-state index in [0.29, 0.717) is 24.6 Å². The van der Waals surface area contributed by atoms with Gasteiger partial charge in [-0.3, -0.25) is 14.4 Å². The Labute approximate surface area is 205 Å². The van der Waals surface area contributed by atoms with E-state index in [1.54, 1.807) is 13.2 Å². The maximum atomic E-state index is 13.8. The summed E-state index contributed by atoms with van der Waals surface area (Å²) < 4.78 is 9.43. The van der Waals surface area contributed by atoms with E-state index in [2.05, 4.69) is 23.5 Å². The number of nitrogens with one attached hydrogen (secondary N) is 1. The summed E-state index contributed by atoms with van der Waals surface area (Å²) in [7, 11) is 1.55. The summed E-state index contributed by atoms with van der Waals surface area (Å²) in [5.74, 6) is -0.379. The first-order valence-corrected chi connectivity index (χ1v) is 12.1. The molecule has 1 aromatic carbocycles. The van der Waals surface area contributed by atoms with Crippen LogP contribution in [-0.4, -0.2) is 46.7 Å². The number of carbonyl (C=O) groups is 3. The summed E-state index contributed by atoms with van der Waals surface area (Å²) in [4.78, 5) is 40.3. The largest absolute Gasteiger partial charge is 0.496 e. The van der Waals surface area contributed by atoms with E-state index in [4.69, 9.17) is 16.2 Å². The molecule has 1 unspecified atom stereocenters. The third-order valence-electron chi connectivity index (χ3n) is 5.34. The molecular formula is C24H35N5O4S. The van der Waals surface area contributed by atoms with Crippen molar-refractivity contribution in [2.75, 3.05) is 19.4 Å². The van der Waals surface area contributed by atoms with Crippen molar-refractivity contribution in [1.82, 2.24) is 14.6 Å². The standard InChI is InChI=1S/C24H35N5O4S/c1-14(2)10-11-27-23(31)17(12-15(3)4)29(13-16-8-6-7-9-18(16)33-5)24(32)21-19(25)20(22(26)30)28-34-21/h6-9,14-15,17H,10-13,25H2,1-5H3,(H2,26,30)(H,27,31). The van der Waals surface area contributed by atoms with Crippen LogP contribution in [0.1, 0.15) is 66.3 Å². The number of primary amides is 1. The Hall–Kier alpha value is -3.14. The summed E-state index contributed by atoms with van der Waals surface area (Å²) in [6.45, 7) is 8.77. The Morgan fingerprint density at radius 3 is 2.38 bits per heavy atom. The number of nitrogens with two attached hydrogens (primary N) is 2. The lowest BCUT2D eigenvalue weighted by Crippen LogP contribution is -2.50. The molecule has 9 nitrogen and oxygen atoms in total. The van der Waals surface area contributed by atoms with Crippen LogP contribution in [0.15, 0.2) is 24.3 Å². The van der Waals surface area contributed by atoms with Crippen LogP contribution in [0, 0.1) is 11.8 Å². The van der Waals surface area contributed by atoms with Crippen LogP contribution in [0.4, 0.5) is 5.69 Å². The molecule has 2 rings (SSSR count). The van der Waals surface area contributed by atoms with Gasteiger partial charge in [0.1, 0.15) is 16.7 Å². The number of para-hydroxylation sites is 1. The minimum atomic E-state index is -0.811. The number of hydrogen-bond acceptors (Lipinski definition) is 7. The molecule has 0 spiro atoms. The van der Waals surface area contributed by atoms with Crippen LogP contribution in [0.25, 0.3) is 0 Å². The van der Waals surface area contributed by atoms with Crippen molar-refractivity contribution in [3.63, 3.8) is 0 Å². The zero-order valence-corrected chi connectivity index (χ0v) is 21.3. The summed E-state index contributed by atoms with van der Waals surface area (Å²) in [6.07, 6.45) is 1.26. The molecule has 1 heterocycles. The van der Waals surface area contributed by atoms with Crippen LogP contribution in [0.2, 0.25) is 0 Å². The number of amides is 3. The van der Waals surface area contributed by atoms with E-state index in [9.17, 15) is 14.4 Å². The maximum Gasteiger partial charge on any atom is 0.270 e. The number of benzene rings is 1. The molecule has 0 saturated heterocycles. The highest BCUT2D eigenvalue weighted by atomic mass is 32.1. The Morgan fingerprint density at radius 1 is 1.15 bits per heavy atom. The Morgan fingerprint density at radius 2 is 1.82 bits per heavy atom. The molecule has 0 fully saturated rings. The highest BCUT2D eigenvalue weighted by Crippen LogP contribution is 2.28. The van der Waals surface area contributed by atoms with Crippen molar-refractivity contribution in [1.29, 1.82) is 0 Å². The summed E-state index contributed by atoms with van der Waals surface area (Å²) in [6, 6.07) is 6.55. The monoisotopic (exact) mass is 489 g/mol. The lowest BCUT2D eigenvalue weighted by atomic mass is 10.00. The van der Waals surface area contributed by atoms with Gasteiger partial charge >= 0.3 is 0 Å². The molecule has 10 heteroatoms. The third-order valence-corrected chi connectivity index (χ3v) is 6.20. The van der Waals surface area contributed by atoms with Gasteiger partial charge in [0.25, 0.3) is 11.8 Å². The maximum absolute atomic E-state index is 13.8. The van der Waals surface area contributed by atoms with Gasteiger partial charge in [0.15, 0.2) is 5.69 Å². The smallest absolute Gasteiger partial charge is 0.270 e. The minimum absolute atomic E-state index is 0.0731. The second-order valence-electron chi connectivity index (χ2n) is 9.00. The number of carbonyl (C=O) groups excluding carboxylic acids is 3. The van der Waals surface area contributed by atoms with E-state index in [1.807, 2.05) is 32.0 Å². The van der Waals surface area contributed by atoms with Crippen LogP contribution in [0.3, 0.4) is 0 Å². The fourth-order valence-corrected chi connectivity index (χ4v) is 4.29. The molecular weight excluding hydrogens is 454 g/mol. The van der Waals surface area contributed by atoms with E-state index in [1.165, 1.54) is 4.90 Å². The van der Waals surface area contributed by atoms with Gasteiger partial charge in [0.2, 0.25) is 5.91 Å². The number of anilines is 1. The third kappa shape index (κ3) is 6.93.